The maximum absolute atomic E-state index is 9.78. The predicted octanol–water partition coefficient (Wildman–Crippen LogP) is 1.99. The summed E-state index contributed by atoms with van der Waals surface area (Å²) in [7, 11) is 1.86. The SMILES string of the molecule is CCC(C)SCC(O)c1ccn(C)n1. The van der Waals surface area contributed by atoms with Crippen LogP contribution in [0, 0.1) is 0 Å². The second-order valence-electron chi connectivity index (χ2n) is 3.48. The highest BCUT2D eigenvalue weighted by atomic mass is 32.2. The standard InChI is InChI=1S/C10H18N2OS/c1-4-8(2)14-7-10(13)9-5-6-12(3)11-9/h5-6,8,10,13H,4,7H2,1-3H3. The van der Waals surface area contributed by atoms with Crippen LogP contribution < -0.4 is 0 Å². The molecule has 0 saturated carbocycles. The number of hydrogen-bond donors (Lipinski definition) is 1. The maximum atomic E-state index is 9.78. The zero-order chi connectivity index (χ0) is 10.6. The molecule has 0 aliphatic carbocycles. The molecule has 3 nitrogen and oxygen atoms in total. The first-order valence-electron chi connectivity index (χ1n) is 4.92. The van der Waals surface area contributed by atoms with Crippen LogP contribution in [0.5, 0.6) is 0 Å². The van der Waals surface area contributed by atoms with Crippen LogP contribution in [0.1, 0.15) is 32.1 Å². The van der Waals surface area contributed by atoms with Gasteiger partial charge in [0, 0.05) is 24.2 Å². The zero-order valence-electron chi connectivity index (χ0n) is 8.97. The van der Waals surface area contributed by atoms with Crippen molar-refractivity contribution in [3.8, 4) is 0 Å². The summed E-state index contributed by atoms with van der Waals surface area (Å²) in [6.07, 6.45) is 2.56. The molecular weight excluding hydrogens is 196 g/mol. The molecule has 1 N–H and O–H groups in total. The molecule has 1 rings (SSSR count). The Kier molecular flexibility index (Phi) is 4.48. The number of hydrogen-bond acceptors (Lipinski definition) is 3. The molecule has 0 amide bonds. The van der Waals surface area contributed by atoms with E-state index in [1.165, 1.54) is 0 Å². The third-order valence-electron chi connectivity index (χ3n) is 2.19. The average Bonchev–Trinajstić information content (AvgIpc) is 2.60. The molecule has 0 radical (unpaired) electrons. The summed E-state index contributed by atoms with van der Waals surface area (Å²) in [4.78, 5) is 0. The summed E-state index contributed by atoms with van der Waals surface area (Å²) >= 11 is 1.79. The molecule has 1 aromatic heterocycles. The van der Waals surface area contributed by atoms with Gasteiger partial charge in [0.15, 0.2) is 0 Å². The molecule has 1 heterocycles. The molecule has 0 fully saturated rings. The van der Waals surface area contributed by atoms with Crippen LogP contribution in [0.2, 0.25) is 0 Å². The largest absolute Gasteiger partial charge is 0.386 e. The summed E-state index contributed by atoms with van der Waals surface area (Å²) in [6, 6.07) is 1.86. The fourth-order valence-corrected chi connectivity index (χ4v) is 1.99. The first kappa shape index (κ1) is 11.6. The molecule has 1 aromatic rings. The fraction of sp³-hybridized carbons (Fsp3) is 0.700. The van der Waals surface area contributed by atoms with Gasteiger partial charge in [-0.3, -0.25) is 4.68 Å². The predicted molar refractivity (Wildman–Crippen MR) is 60.4 cm³/mol. The van der Waals surface area contributed by atoms with Crippen LogP contribution in [-0.4, -0.2) is 25.9 Å². The lowest BCUT2D eigenvalue weighted by atomic mass is 10.3. The van der Waals surface area contributed by atoms with Crippen molar-refractivity contribution in [2.45, 2.75) is 31.6 Å². The number of thioether (sulfide) groups is 1. The molecule has 0 aromatic carbocycles. The number of rotatable bonds is 5. The first-order valence-corrected chi connectivity index (χ1v) is 5.97. The third-order valence-corrected chi connectivity index (χ3v) is 3.60. The van der Waals surface area contributed by atoms with E-state index in [9.17, 15) is 5.11 Å². The number of aliphatic hydroxyl groups is 1. The number of aromatic nitrogens is 2. The van der Waals surface area contributed by atoms with Crippen molar-refractivity contribution >= 4 is 11.8 Å². The number of nitrogens with zero attached hydrogens (tertiary/aromatic N) is 2. The van der Waals surface area contributed by atoms with Gasteiger partial charge in [-0.1, -0.05) is 13.8 Å². The molecule has 14 heavy (non-hydrogen) atoms. The van der Waals surface area contributed by atoms with Gasteiger partial charge in [-0.25, -0.2) is 0 Å². The normalized spacial score (nSPS) is 15.4. The van der Waals surface area contributed by atoms with Crippen LogP contribution in [0.4, 0.5) is 0 Å². The van der Waals surface area contributed by atoms with E-state index in [0.717, 1.165) is 17.9 Å². The van der Waals surface area contributed by atoms with Gasteiger partial charge < -0.3 is 5.11 Å². The Bertz CT molecular complexity index is 275. The van der Waals surface area contributed by atoms with E-state index in [2.05, 4.69) is 18.9 Å². The Morgan fingerprint density at radius 1 is 1.64 bits per heavy atom. The molecule has 80 valence electrons. The van der Waals surface area contributed by atoms with E-state index in [1.54, 1.807) is 16.4 Å². The van der Waals surface area contributed by atoms with Gasteiger partial charge in [0.2, 0.25) is 0 Å². The van der Waals surface area contributed by atoms with Crippen molar-refractivity contribution in [3.63, 3.8) is 0 Å². The molecule has 0 spiro atoms. The fourth-order valence-electron chi connectivity index (χ4n) is 1.07. The van der Waals surface area contributed by atoms with Crippen LogP contribution >= 0.6 is 11.8 Å². The summed E-state index contributed by atoms with van der Waals surface area (Å²) in [5.41, 5.74) is 0.767. The van der Waals surface area contributed by atoms with Crippen molar-refractivity contribution in [2.75, 3.05) is 5.75 Å². The van der Waals surface area contributed by atoms with Gasteiger partial charge in [-0.15, -0.1) is 0 Å². The minimum Gasteiger partial charge on any atom is -0.386 e. The van der Waals surface area contributed by atoms with E-state index in [1.807, 2.05) is 19.3 Å². The first-order chi connectivity index (χ1) is 6.63. The highest BCUT2D eigenvalue weighted by Gasteiger charge is 2.11. The van der Waals surface area contributed by atoms with E-state index >= 15 is 0 Å². The monoisotopic (exact) mass is 214 g/mol. The van der Waals surface area contributed by atoms with E-state index in [4.69, 9.17) is 0 Å². The van der Waals surface area contributed by atoms with E-state index < -0.39 is 6.10 Å². The van der Waals surface area contributed by atoms with Crippen LogP contribution in [0.15, 0.2) is 12.3 Å². The van der Waals surface area contributed by atoms with Crippen LogP contribution in [0.25, 0.3) is 0 Å². The van der Waals surface area contributed by atoms with Crippen molar-refractivity contribution in [1.29, 1.82) is 0 Å². The summed E-state index contributed by atoms with van der Waals surface area (Å²) in [5.74, 6) is 0.728. The zero-order valence-corrected chi connectivity index (χ0v) is 9.79. The smallest absolute Gasteiger partial charge is 0.107 e. The lowest BCUT2D eigenvalue weighted by Gasteiger charge is -2.11. The minimum atomic E-state index is -0.435. The molecule has 0 aliphatic heterocycles. The van der Waals surface area contributed by atoms with E-state index in [0.29, 0.717) is 5.25 Å². The molecule has 2 atom stereocenters. The Hall–Kier alpha value is -0.480. The molecular formula is C10H18N2OS. The Labute approximate surface area is 89.5 Å². The maximum Gasteiger partial charge on any atom is 0.107 e. The molecule has 2 unspecified atom stereocenters. The highest BCUT2D eigenvalue weighted by molar-refractivity contribution is 7.99. The lowest BCUT2D eigenvalue weighted by Crippen LogP contribution is -2.05. The second kappa shape index (κ2) is 5.41. The van der Waals surface area contributed by atoms with Gasteiger partial charge in [-0.2, -0.15) is 16.9 Å². The minimum absolute atomic E-state index is 0.435. The van der Waals surface area contributed by atoms with Crippen LogP contribution in [0.3, 0.4) is 0 Å². The van der Waals surface area contributed by atoms with Crippen molar-refractivity contribution < 1.29 is 5.11 Å². The van der Waals surface area contributed by atoms with Crippen molar-refractivity contribution in [3.05, 3.63) is 18.0 Å². The van der Waals surface area contributed by atoms with Crippen molar-refractivity contribution in [2.24, 2.45) is 7.05 Å². The summed E-state index contributed by atoms with van der Waals surface area (Å²) in [5, 5.41) is 14.6. The number of aryl methyl sites for hydroxylation is 1. The molecule has 0 saturated heterocycles. The Morgan fingerprint density at radius 3 is 2.86 bits per heavy atom. The van der Waals surface area contributed by atoms with E-state index in [-0.39, 0.29) is 0 Å². The number of aliphatic hydroxyl groups excluding tert-OH is 1. The summed E-state index contributed by atoms with van der Waals surface area (Å²) < 4.78 is 1.71. The van der Waals surface area contributed by atoms with Gasteiger partial charge in [0.25, 0.3) is 0 Å². The summed E-state index contributed by atoms with van der Waals surface area (Å²) in [6.45, 7) is 4.33. The van der Waals surface area contributed by atoms with Crippen molar-refractivity contribution in [1.82, 2.24) is 9.78 Å². The molecule has 0 aliphatic rings. The lowest BCUT2D eigenvalue weighted by molar-refractivity contribution is 0.198. The van der Waals surface area contributed by atoms with Gasteiger partial charge >= 0.3 is 0 Å². The third kappa shape index (κ3) is 3.35. The average molecular weight is 214 g/mol. The molecule has 4 heteroatoms. The highest BCUT2D eigenvalue weighted by Crippen LogP contribution is 2.21. The van der Waals surface area contributed by atoms with Crippen LogP contribution in [-0.2, 0) is 7.05 Å². The Balaban J connectivity index is 2.39. The Morgan fingerprint density at radius 2 is 2.36 bits per heavy atom. The topological polar surface area (TPSA) is 38.0 Å². The van der Waals surface area contributed by atoms with Gasteiger partial charge in [-0.05, 0) is 12.5 Å². The van der Waals surface area contributed by atoms with Gasteiger partial charge in [0.1, 0.15) is 6.10 Å². The second-order valence-corrected chi connectivity index (χ2v) is 4.95. The quantitative estimate of drug-likeness (QED) is 0.814. The molecule has 0 bridgehead atoms. The van der Waals surface area contributed by atoms with Gasteiger partial charge in [0.05, 0.1) is 5.69 Å².